The third-order valence-corrected chi connectivity index (χ3v) is 5.40. The maximum absolute atomic E-state index is 12.0. The second-order valence-electron chi connectivity index (χ2n) is 7.81. The van der Waals surface area contributed by atoms with Crippen LogP contribution in [-0.2, 0) is 14.3 Å². The Labute approximate surface area is 160 Å². The van der Waals surface area contributed by atoms with Gasteiger partial charge in [0.2, 0.25) is 0 Å². The fourth-order valence-corrected chi connectivity index (χ4v) is 3.46. The van der Waals surface area contributed by atoms with E-state index in [9.17, 15) is 19.8 Å². The fraction of sp³-hybridized carbons (Fsp3) is 0.619. The first-order valence-electron chi connectivity index (χ1n) is 9.51. The van der Waals surface area contributed by atoms with Crippen molar-refractivity contribution in [2.75, 3.05) is 0 Å². The molecule has 1 heterocycles. The van der Waals surface area contributed by atoms with Crippen LogP contribution in [0.15, 0.2) is 34.6 Å². The quantitative estimate of drug-likeness (QED) is 0.443. The number of rotatable bonds is 8. The molecule has 1 aliphatic heterocycles. The standard InChI is InChI=1S/C21H30O6/c1-13(6-4-8-14(2)20(24)25)7-5-11-21(3,26)18-12-15-16(22)9-10-17(23)19(15)27-18/h7-8,17-18,23,26H,4-6,9-12H2,1-3H3,(H,24,25)/b13-7?,14-8+/t17-,18+,21+/m1/s1. The van der Waals surface area contributed by atoms with Crippen LogP contribution in [-0.4, -0.2) is 44.9 Å². The lowest BCUT2D eigenvalue weighted by molar-refractivity contribution is -0.132. The molecule has 6 heteroatoms. The summed E-state index contributed by atoms with van der Waals surface area (Å²) in [5.74, 6) is -0.540. The van der Waals surface area contributed by atoms with Gasteiger partial charge in [0.15, 0.2) is 5.78 Å². The number of aliphatic carboxylic acids is 1. The third-order valence-electron chi connectivity index (χ3n) is 5.40. The zero-order chi connectivity index (χ0) is 20.2. The van der Waals surface area contributed by atoms with Gasteiger partial charge in [-0.2, -0.15) is 0 Å². The average Bonchev–Trinajstić information content (AvgIpc) is 3.05. The van der Waals surface area contributed by atoms with Crippen LogP contribution in [0.3, 0.4) is 0 Å². The highest BCUT2D eigenvalue weighted by Gasteiger charge is 2.44. The van der Waals surface area contributed by atoms with Crippen LogP contribution in [0, 0.1) is 0 Å². The summed E-state index contributed by atoms with van der Waals surface area (Å²) >= 11 is 0. The van der Waals surface area contributed by atoms with Gasteiger partial charge in [0.1, 0.15) is 18.0 Å². The number of hydrogen-bond donors (Lipinski definition) is 3. The molecule has 0 saturated heterocycles. The Morgan fingerprint density at radius 3 is 2.63 bits per heavy atom. The summed E-state index contributed by atoms with van der Waals surface area (Å²) in [6, 6.07) is 0. The van der Waals surface area contributed by atoms with E-state index in [1.54, 1.807) is 19.9 Å². The van der Waals surface area contributed by atoms with Crippen molar-refractivity contribution in [3.05, 3.63) is 34.6 Å². The summed E-state index contributed by atoms with van der Waals surface area (Å²) in [6.07, 6.45) is 6.10. The highest BCUT2D eigenvalue weighted by Crippen LogP contribution is 2.39. The van der Waals surface area contributed by atoms with Crippen molar-refractivity contribution < 1.29 is 29.6 Å². The minimum atomic E-state index is -1.10. The predicted molar refractivity (Wildman–Crippen MR) is 101 cm³/mol. The summed E-state index contributed by atoms with van der Waals surface area (Å²) in [4.78, 5) is 22.8. The van der Waals surface area contributed by atoms with Gasteiger partial charge in [0, 0.05) is 24.0 Å². The Morgan fingerprint density at radius 1 is 1.30 bits per heavy atom. The Bertz CT molecular complexity index is 683. The molecule has 27 heavy (non-hydrogen) atoms. The largest absolute Gasteiger partial charge is 0.488 e. The number of aliphatic hydroxyl groups is 2. The van der Waals surface area contributed by atoms with Crippen LogP contribution in [0.2, 0.25) is 0 Å². The van der Waals surface area contributed by atoms with E-state index in [0.717, 1.165) is 12.0 Å². The Kier molecular flexibility index (Phi) is 7.00. The number of aliphatic hydroxyl groups excluding tert-OH is 1. The number of carbonyl (C=O) groups excluding carboxylic acids is 1. The molecule has 3 N–H and O–H groups in total. The van der Waals surface area contributed by atoms with E-state index in [1.807, 2.05) is 13.0 Å². The van der Waals surface area contributed by atoms with Crippen molar-refractivity contribution in [2.24, 2.45) is 0 Å². The first kappa shape index (κ1) is 21.4. The maximum Gasteiger partial charge on any atom is 0.330 e. The van der Waals surface area contributed by atoms with Crippen molar-refractivity contribution in [3.63, 3.8) is 0 Å². The number of carboxylic acids is 1. The first-order valence-corrected chi connectivity index (χ1v) is 9.51. The van der Waals surface area contributed by atoms with E-state index >= 15 is 0 Å². The Morgan fingerprint density at radius 2 is 2.00 bits per heavy atom. The van der Waals surface area contributed by atoms with Crippen LogP contribution in [0.4, 0.5) is 0 Å². The topological polar surface area (TPSA) is 104 Å². The monoisotopic (exact) mass is 378 g/mol. The van der Waals surface area contributed by atoms with Gasteiger partial charge in [-0.1, -0.05) is 17.7 Å². The second kappa shape index (κ2) is 8.85. The molecule has 3 atom stereocenters. The fourth-order valence-electron chi connectivity index (χ4n) is 3.46. The number of allylic oxidation sites excluding steroid dienone is 3. The highest BCUT2D eigenvalue weighted by molar-refractivity contribution is 5.97. The van der Waals surface area contributed by atoms with Gasteiger partial charge < -0.3 is 20.1 Å². The minimum absolute atomic E-state index is 0.00838. The van der Waals surface area contributed by atoms with Crippen LogP contribution in [0.25, 0.3) is 0 Å². The van der Waals surface area contributed by atoms with E-state index < -0.39 is 23.8 Å². The predicted octanol–water partition coefficient (Wildman–Crippen LogP) is 3.04. The molecular weight excluding hydrogens is 348 g/mol. The number of carboxylic acid groups (broad SMARTS) is 1. The molecular formula is C21H30O6. The van der Waals surface area contributed by atoms with Crippen molar-refractivity contribution in [1.29, 1.82) is 0 Å². The summed E-state index contributed by atoms with van der Waals surface area (Å²) in [6.45, 7) is 5.27. The van der Waals surface area contributed by atoms with Crippen molar-refractivity contribution in [3.8, 4) is 0 Å². The lowest BCUT2D eigenvalue weighted by atomic mass is 9.87. The lowest BCUT2D eigenvalue weighted by Crippen LogP contribution is -2.39. The van der Waals surface area contributed by atoms with Gasteiger partial charge in [-0.15, -0.1) is 0 Å². The van der Waals surface area contributed by atoms with Gasteiger partial charge in [-0.3, -0.25) is 4.79 Å². The van der Waals surface area contributed by atoms with E-state index in [4.69, 9.17) is 9.84 Å². The summed E-state index contributed by atoms with van der Waals surface area (Å²) in [5.41, 5.74) is 0.910. The normalized spacial score (nSPS) is 25.9. The third kappa shape index (κ3) is 5.53. The zero-order valence-corrected chi connectivity index (χ0v) is 16.3. The molecule has 0 saturated carbocycles. The first-order chi connectivity index (χ1) is 12.6. The van der Waals surface area contributed by atoms with Crippen molar-refractivity contribution in [1.82, 2.24) is 0 Å². The summed E-state index contributed by atoms with van der Waals surface area (Å²) in [5, 5.41) is 29.7. The molecule has 0 amide bonds. The molecule has 0 aromatic rings. The molecule has 0 fully saturated rings. The number of ether oxygens (including phenoxy) is 1. The molecule has 0 aromatic carbocycles. The Balaban J connectivity index is 1.84. The molecule has 0 spiro atoms. The van der Waals surface area contributed by atoms with Gasteiger partial charge in [0.05, 0.1) is 5.60 Å². The van der Waals surface area contributed by atoms with Crippen molar-refractivity contribution >= 4 is 11.8 Å². The van der Waals surface area contributed by atoms with Crippen LogP contribution in [0.1, 0.15) is 65.7 Å². The highest BCUT2D eigenvalue weighted by atomic mass is 16.5. The smallest absolute Gasteiger partial charge is 0.330 e. The maximum atomic E-state index is 12.0. The Hall–Kier alpha value is -1.92. The second-order valence-corrected chi connectivity index (χ2v) is 7.81. The van der Waals surface area contributed by atoms with Gasteiger partial charge in [-0.25, -0.2) is 4.79 Å². The number of hydrogen-bond acceptors (Lipinski definition) is 5. The molecule has 0 unspecified atom stereocenters. The van der Waals surface area contributed by atoms with Gasteiger partial charge in [0.25, 0.3) is 0 Å². The SMILES string of the molecule is CC(=CCC[C@](C)(O)[C@@H]1CC2=C(O1)[C@H](O)CCC2=O)CC/C=C(\C)C(=O)O. The van der Waals surface area contributed by atoms with E-state index in [-0.39, 0.29) is 5.78 Å². The molecule has 0 aromatic heterocycles. The lowest BCUT2D eigenvalue weighted by Gasteiger charge is -2.30. The molecule has 2 aliphatic rings. The molecule has 1 aliphatic carbocycles. The minimum Gasteiger partial charge on any atom is -0.488 e. The molecule has 6 nitrogen and oxygen atoms in total. The average molecular weight is 378 g/mol. The number of ketones is 1. The van der Waals surface area contributed by atoms with Gasteiger partial charge in [-0.05, 0) is 52.9 Å². The molecule has 2 rings (SSSR count). The molecule has 150 valence electrons. The van der Waals surface area contributed by atoms with Crippen LogP contribution in [0.5, 0.6) is 0 Å². The number of carbonyl (C=O) groups is 2. The van der Waals surface area contributed by atoms with Gasteiger partial charge >= 0.3 is 5.97 Å². The van der Waals surface area contributed by atoms with E-state index in [2.05, 4.69) is 0 Å². The molecule has 0 radical (unpaired) electrons. The summed E-state index contributed by atoms with van der Waals surface area (Å²) < 4.78 is 5.76. The summed E-state index contributed by atoms with van der Waals surface area (Å²) in [7, 11) is 0. The van der Waals surface area contributed by atoms with Crippen LogP contribution >= 0.6 is 0 Å². The van der Waals surface area contributed by atoms with E-state index in [1.165, 1.54) is 0 Å². The van der Waals surface area contributed by atoms with Crippen molar-refractivity contribution in [2.45, 2.75) is 83.5 Å². The molecule has 0 bridgehead atoms. The number of Topliss-reactive ketones (excluding diaryl/α,β-unsaturated/α-hetero) is 1. The van der Waals surface area contributed by atoms with Crippen LogP contribution < -0.4 is 0 Å². The van der Waals surface area contributed by atoms with E-state index in [0.29, 0.717) is 55.4 Å². The zero-order valence-electron chi connectivity index (χ0n) is 16.3.